The largest absolute Gasteiger partial charge is 0.573 e. The van der Waals surface area contributed by atoms with Crippen LogP contribution in [0.1, 0.15) is 43.6 Å². The summed E-state index contributed by atoms with van der Waals surface area (Å²) in [5.74, 6) is 1.07. The molecule has 11 nitrogen and oxygen atoms in total. The Labute approximate surface area is 229 Å². The van der Waals surface area contributed by atoms with Crippen molar-refractivity contribution in [1.82, 2.24) is 14.8 Å². The molecule has 8 N–H and O–H groups in total. The van der Waals surface area contributed by atoms with E-state index in [1.807, 2.05) is 19.3 Å². The zero-order chi connectivity index (χ0) is 28.2. The lowest BCUT2D eigenvalue weighted by Gasteiger charge is -2.42. The van der Waals surface area contributed by atoms with Crippen LogP contribution in [0.5, 0.6) is 5.75 Å². The second-order valence-corrected chi connectivity index (χ2v) is 11.2. The summed E-state index contributed by atoms with van der Waals surface area (Å²) in [7, 11) is 2.01. The van der Waals surface area contributed by atoms with E-state index in [4.69, 9.17) is 10.5 Å². The van der Waals surface area contributed by atoms with E-state index in [2.05, 4.69) is 30.9 Å². The van der Waals surface area contributed by atoms with Gasteiger partial charge >= 0.3 is 6.36 Å². The number of aliphatic hydroxyl groups is 2. The molecule has 1 saturated heterocycles. The molecule has 6 atom stereocenters. The van der Waals surface area contributed by atoms with Crippen LogP contribution in [0.2, 0.25) is 0 Å². The molecule has 6 rings (SSSR count). The smallest absolute Gasteiger partial charge is 0.406 e. The number of nitrogens with two attached hydrogens (primary N) is 1. The Bertz CT molecular complexity index is 1210. The average Bonchev–Trinajstić information content (AvgIpc) is 3.54. The Kier molecular flexibility index (Phi) is 7.25. The highest BCUT2D eigenvalue weighted by Crippen LogP contribution is 2.40. The van der Waals surface area contributed by atoms with Crippen LogP contribution < -0.4 is 31.7 Å². The highest BCUT2D eigenvalue weighted by atomic mass is 19.4. The molecule has 1 aromatic heterocycles. The van der Waals surface area contributed by atoms with E-state index in [9.17, 15) is 23.4 Å². The first-order valence-corrected chi connectivity index (χ1v) is 13.6. The molecule has 0 amide bonds. The second kappa shape index (κ2) is 10.6. The average molecular weight is 568 g/mol. The lowest BCUT2D eigenvalue weighted by Crippen LogP contribution is -2.48. The predicted molar refractivity (Wildman–Crippen MR) is 141 cm³/mol. The monoisotopic (exact) mass is 567 g/mol. The van der Waals surface area contributed by atoms with Crippen molar-refractivity contribution < 1.29 is 32.9 Å². The minimum absolute atomic E-state index is 0.0485. The summed E-state index contributed by atoms with van der Waals surface area (Å²) >= 11 is 0. The number of hydrogen-bond donors (Lipinski definition) is 7. The Morgan fingerprint density at radius 2 is 1.90 bits per heavy atom. The molecule has 40 heavy (non-hydrogen) atoms. The summed E-state index contributed by atoms with van der Waals surface area (Å²) < 4.78 is 49.5. The molecule has 2 aromatic rings. The topological polar surface area (TPSA) is 141 Å². The van der Waals surface area contributed by atoms with E-state index in [0.717, 1.165) is 42.8 Å². The van der Waals surface area contributed by atoms with E-state index in [1.54, 1.807) is 10.6 Å². The zero-order valence-corrected chi connectivity index (χ0v) is 22.1. The lowest BCUT2D eigenvalue weighted by molar-refractivity contribution is -0.274. The molecule has 0 radical (unpaired) electrons. The van der Waals surface area contributed by atoms with E-state index in [1.165, 1.54) is 12.1 Å². The van der Waals surface area contributed by atoms with Crippen molar-refractivity contribution in [3.05, 3.63) is 36.0 Å². The SMILES string of the molecule is CN(C[C@H]1O[C@@H](n2ccc3c2NCNC3N)[C@H](O)[C@@H]1O)[C@H]1C[C@@H](CCC2Nc3ccc(OC(F)(F)F)cc3N2)C1. The maximum absolute atomic E-state index is 12.5. The predicted octanol–water partition coefficient (Wildman–Crippen LogP) is 2.29. The number of ether oxygens (including phenoxy) is 2. The summed E-state index contributed by atoms with van der Waals surface area (Å²) in [6, 6.07) is 6.49. The Hall–Kier alpha value is -2.75. The van der Waals surface area contributed by atoms with Crippen molar-refractivity contribution in [3.63, 3.8) is 0 Å². The summed E-state index contributed by atoms with van der Waals surface area (Å²) in [5.41, 5.74) is 8.35. The minimum atomic E-state index is -4.72. The summed E-state index contributed by atoms with van der Waals surface area (Å²) in [6.07, 6.45) is -2.77. The maximum atomic E-state index is 12.5. The summed E-state index contributed by atoms with van der Waals surface area (Å²) in [5, 5.41) is 34.4. The normalized spacial score (nSPS) is 33.0. The minimum Gasteiger partial charge on any atom is -0.406 e. The fraction of sp³-hybridized carbons (Fsp3) is 0.615. The van der Waals surface area contributed by atoms with Crippen molar-refractivity contribution in [2.75, 3.05) is 36.2 Å². The number of likely N-dealkylation sites (N-methyl/N-ethyl adjacent to an activating group) is 1. The van der Waals surface area contributed by atoms with Gasteiger partial charge < -0.3 is 50.8 Å². The number of alkyl halides is 3. The third kappa shape index (κ3) is 5.43. The molecule has 1 aliphatic carbocycles. The van der Waals surface area contributed by atoms with Crippen LogP contribution in [0, 0.1) is 5.92 Å². The van der Waals surface area contributed by atoms with Crippen LogP contribution >= 0.6 is 0 Å². The first-order chi connectivity index (χ1) is 19.1. The molecule has 1 saturated carbocycles. The summed E-state index contributed by atoms with van der Waals surface area (Å²) in [6.45, 7) is 0.990. The second-order valence-electron chi connectivity index (χ2n) is 11.2. The van der Waals surface area contributed by atoms with E-state index >= 15 is 0 Å². The number of aliphatic hydroxyl groups excluding tert-OH is 2. The molecule has 0 spiro atoms. The molecule has 2 unspecified atom stereocenters. The number of nitrogens with one attached hydrogen (secondary N) is 4. The van der Waals surface area contributed by atoms with Gasteiger partial charge in [-0.1, -0.05) is 0 Å². The van der Waals surface area contributed by atoms with Gasteiger partial charge in [-0.3, -0.25) is 5.32 Å². The highest BCUT2D eigenvalue weighted by molar-refractivity contribution is 5.75. The van der Waals surface area contributed by atoms with Crippen LogP contribution in [-0.2, 0) is 4.74 Å². The van der Waals surface area contributed by atoms with Crippen molar-refractivity contribution in [3.8, 4) is 5.75 Å². The number of anilines is 3. The zero-order valence-electron chi connectivity index (χ0n) is 22.1. The van der Waals surface area contributed by atoms with Gasteiger partial charge in [0, 0.05) is 30.4 Å². The Morgan fingerprint density at radius 1 is 1.12 bits per heavy atom. The number of nitrogens with zero attached hydrogens (tertiary/aromatic N) is 2. The van der Waals surface area contributed by atoms with Gasteiger partial charge in [0.25, 0.3) is 0 Å². The molecule has 14 heteroatoms. The standard InChI is InChI=1S/C26H36F3N7O4/c1-35(11-19-21(37)22(38)25(39-19)36-7-6-16-23(30)31-12-32-24(16)36)14-8-13(9-14)2-5-20-33-17-4-3-15(10-18(17)34-20)40-26(27,28)29/h3-4,6-7,10,13-14,19-23,25,31-34,37-38H,2,5,8-9,11-12,30H2,1H3/t13-,14+,19-,20?,21-,22-,23?,25-/m1/s1. The first-order valence-electron chi connectivity index (χ1n) is 13.6. The Morgan fingerprint density at radius 3 is 2.67 bits per heavy atom. The van der Waals surface area contributed by atoms with Gasteiger partial charge in [-0.05, 0) is 56.8 Å². The Balaban J connectivity index is 0.953. The number of fused-ring (bicyclic) bond motifs is 2. The number of aromatic nitrogens is 1. The molecule has 1 aromatic carbocycles. The molecule has 2 fully saturated rings. The van der Waals surface area contributed by atoms with Gasteiger partial charge in [0.15, 0.2) is 6.23 Å². The van der Waals surface area contributed by atoms with Gasteiger partial charge in [0.05, 0.1) is 30.4 Å². The van der Waals surface area contributed by atoms with E-state index in [-0.39, 0.29) is 18.1 Å². The van der Waals surface area contributed by atoms with Gasteiger partial charge in [-0.2, -0.15) is 0 Å². The van der Waals surface area contributed by atoms with Crippen molar-refractivity contribution >= 4 is 17.2 Å². The van der Waals surface area contributed by atoms with Gasteiger partial charge in [0.1, 0.15) is 29.9 Å². The maximum Gasteiger partial charge on any atom is 0.573 e. The number of benzene rings is 1. The highest BCUT2D eigenvalue weighted by Gasteiger charge is 2.46. The van der Waals surface area contributed by atoms with Crippen LogP contribution in [0.15, 0.2) is 30.5 Å². The lowest BCUT2D eigenvalue weighted by atomic mass is 9.76. The van der Waals surface area contributed by atoms with E-state index in [0.29, 0.717) is 30.9 Å². The van der Waals surface area contributed by atoms with Crippen LogP contribution in [-0.4, -0.2) is 76.8 Å². The fourth-order valence-corrected chi connectivity index (χ4v) is 6.24. The third-order valence-corrected chi connectivity index (χ3v) is 8.52. The molecule has 0 bridgehead atoms. The molecule has 4 heterocycles. The molecule has 220 valence electrons. The van der Waals surface area contributed by atoms with Gasteiger partial charge in [0.2, 0.25) is 0 Å². The van der Waals surface area contributed by atoms with Gasteiger partial charge in [-0.25, -0.2) is 0 Å². The molecule has 3 aliphatic heterocycles. The number of rotatable bonds is 8. The van der Waals surface area contributed by atoms with Crippen LogP contribution in [0.4, 0.5) is 30.4 Å². The van der Waals surface area contributed by atoms with Crippen LogP contribution in [0.3, 0.4) is 0 Å². The fourth-order valence-electron chi connectivity index (χ4n) is 6.24. The molecular weight excluding hydrogens is 531 g/mol. The van der Waals surface area contributed by atoms with Gasteiger partial charge in [-0.15, -0.1) is 13.2 Å². The quantitative estimate of drug-likeness (QED) is 0.254. The number of hydrogen-bond acceptors (Lipinski definition) is 10. The van der Waals surface area contributed by atoms with E-state index < -0.39 is 30.9 Å². The molecular formula is C26H36F3N7O4. The summed E-state index contributed by atoms with van der Waals surface area (Å²) in [4.78, 5) is 2.19. The van der Waals surface area contributed by atoms with Crippen molar-refractivity contribution in [1.29, 1.82) is 0 Å². The number of halogens is 3. The van der Waals surface area contributed by atoms with Crippen molar-refractivity contribution in [2.24, 2.45) is 11.7 Å². The first kappa shape index (κ1) is 27.4. The third-order valence-electron chi connectivity index (χ3n) is 8.52. The van der Waals surface area contributed by atoms with Crippen LogP contribution in [0.25, 0.3) is 0 Å². The molecule has 4 aliphatic rings. The van der Waals surface area contributed by atoms with Crippen molar-refractivity contribution in [2.45, 2.75) is 75.0 Å².